The number of carboxylic acids is 2. The van der Waals surface area contributed by atoms with Crippen LogP contribution in [0.25, 0.3) is 0 Å². The van der Waals surface area contributed by atoms with Crippen LogP contribution in [0.4, 0.5) is 4.79 Å². The molecule has 2 aromatic carbocycles. The summed E-state index contributed by atoms with van der Waals surface area (Å²) in [6.07, 6.45) is 3.18. The number of nitrogens with two attached hydrogens (primary N) is 1. The van der Waals surface area contributed by atoms with Crippen molar-refractivity contribution >= 4 is 53.7 Å². The van der Waals surface area contributed by atoms with Crippen molar-refractivity contribution in [2.75, 3.05) is 178 Å². The smallest absolute Gasteiger partial charge is 0.326 e. The minimum Gasteiger partial charge on any atom is -0.481 e. The number of hydrogen-bond donors (Lipinski definition) is 8. The van der Waals surface area contributed by atoms with Crippen LogP contribution in [0.1, 0.15) is 101 Å². The summed E-state index contributed by atoms with van der Waals surface area (Å²) < 4.78 is 70.9. The number of carbonyl (C=O) groups excluding carboxylic acids is 7. The summed E-state index contributed by atoms with van der Waals surface area (Å²) >= 11 is 0. The Morgan fingerprint density at radius 2 is 0.847 bits per heavy atom. The lowest BCUT2D eigenvalue weighted by Crippen LogP contribution is -2.49. The third kappa shape index (κ3) is 52.4. The van der Waals surface area contributed by atoms with Gasteiger partial charge in [-0.1, -0.05) is 86.3 Å². The molecule has 4 atom stereocenters. The van der Waals surface area contributed by atoms with Crippen LogP contribution in [-0.2, 0) is 113 Å². The maximum Gasteiger partial charge on any atom is 0.326 e. The van der Waals surface area contributed by atoms with Gasteiger partial charge in [0.05, 0.1) is 171 Å². The molecule has 0 aliphatic carbocycles. The van der Waals surface area contributed by atoms with Gasteiger partial charge < -0.3 is 104 Å². The number of ketones is 2. The molecule has 0 aliphatic rings. The molecule has 0 spiro atoms. The van der Waals surface area contributed by atoms with E-state index in [1.807, 2.05) is 60.7 Å². The van der Waals surface area contributed by atoms with Gasteiger partial charge >= 0.3 is 18.0 Å². The first-order valence-corrected chi connectivity index (χ1v) is 34.0. The monoisotopic (exact) mass is 1390 g/mol. The van der Waals surface area contributed by atoms with Gasteiger partial charge in [0.2, 0.25) is 17.7 Å². The Morgan fingerprint density at radius 3 is 1.29 bits per heavy atom. The molecular formula is C68H110N6O24. The van der Waals surface area contributed by atoms with Gasteiger partial charge in [-0.2, -0.15) is 0 Å². The fraction of sp³-hybridized carbons (Fsp3) is 0.691. The van der Waals surface area contributed by atoms with E-state index >= 15 is 0 Å². The molecule has 0 saturated carbocycles. The molecule has 556 valence electrons. The van der Waals surface area contributed by atoms with Gasteiger partial charge in [0.25, 0.3) is 6.47 Å². The van der Waals surface area contributed by atoms with Crippen molar-refractivity contribution < 1.29 is 115 Å². The van der Waals surface area contributed by atoms with Crippen LogP contribution in [0.3, 0.4) is 0 Å². The molecule has 0 aromatic heterocycles. The van der Waals surface area contributed by atoms with Crippen LogP contribution in [-0.4, -0.2) is 260 Å². The summed E-state index contributed by atoms with van der Waals surface area (Å²) in [5.74, 6) is -4.37. The van der Waals surface area contributed by atoms with Crippen LogP contribution in [0.5, 0.6) is 0 Å². The molecule has 0 unspecified atom stereocenters. The number of carbonyl (C=O) groups is 9. The lowest BCUT2D eigenvalue weighted by molar-refractivity contribution is -0.141. The van der Waals surface area contributed by atoms with Crippen LogP contribution >= 0.6 is 0 Å². The number of urea groups is 1. The normalized spacial score (nSPS) is 12.4. The van der Waals surface area contributed by atoms with Gasteiger partial charge in [-0.05, 0) is 43.2 Å². The minimum atomic E-state index is -1.41. The van der Waals surface area contributed by atoms with Crippen molar-refractivity contribution in [2.24, 2.45) is 11.7 Å². The van der Waals surface area contributed by atoms with Crippen molar-refractivity contribution in [1.29, 1.82) is 0 Å². The first-order valence-electron chi connectivity index (χ1n) is 34.0. The number of rotatable bonds is 70. The van der Waals surface area contributed by atoms with E-state index < -0.39 is 48.6 Å². The standard InChI is InChI=1S/C68H110N6O24/c69-24-25-70-62(78)23-27-86-29-31-88-33-35-90-37-39-92-41-43-94-45-47-96-49-50-97-48-46-95-44-42-93-40-38-91-36-34-89-32-30-87-28-26-71-66(82)57(51-55-13-7-5-8-14-55)53-61(77)60(52-56-15-9-6-10-16-56)72-63(79)18-12-4-2-1-3-11-17-58(76)19-20-59(67(83)84)73-68(85)74-64(98-54-75)21-22-65(80)81/h5-10,13-16,54,57,59-60,64H,1-4,11-12,17-53,69H2,(H,70,78)(H,71,82)(H,72,79)(H,80,81)(H,83,84)(H2,73,74,85)/t57-,59+,60+,64-/m1/s1. The molecule has 0 bridgehead atoms. The second-order valence-electron chi connectivity index (χ2n) is 22.3. The quantitative estimate of drug-likeness (QED) is 0.0268. The molecule has 0 fully saturated rings. The highest BCUT2D eigenvalue weighted by Gasteiger charge is 2.29. The first-order chi connectivity index (χ1) is 47.8. The molecule has 0 radical (unpaired) electrons. The minimum absolute atomic E-state index is 0.0329. The van der Waals surface area contributed by atoms with Crippen LogP contribution < -0.4 is 32.3 Å². The second kappa shape index (κ2) is 62.6. The largest absolute Gasteiger partial charge is 0.481 e. The van der Waals surface area contributed by atoms with E-state index in [4.69, 9.17) is 67.7 Å². The average Bonchev–Trinajstić information content (AvgIpc) is 0.941. The maximum atomic E-state index is 14.1. The summed E-state index contributed by atoms with van der Waals surface area (Å²) in [6, 6.07) is 15.5. The van der Waals surface area contributed by atoms with E-state index in [-0.39, 0.29) is 93.9 Å². The third-order valence-electron chi connectivity index (χ3n) is 14.3. The summed E-state index contributed by atoms with van der Waals surface area (Å²) in [6.45, 7) is 11.0. The Balaban J connectivity index is 1.50. The molecule has 30 heteroatoms. The Kier molecular flexibility index (Phi) is 55.8. The summed E-state index contributed by atoms with van der Waals surface area (Å²) in [5.41, 5.74) is 7.09. The lowest BCUT2D eigenvalue weighted by atomic mass is 9.89. The highest BCUT2D eigenvalue weighted by Crippen LogP contribution is 2.18. The number of unbranched alkanes of at least 4 members (excludes halogenated alkanes) is 5. The lowest BCUT2D eigenvalue weighted by Gasteiger charge is -2.22. The summed E-state index contributed by atoms with van der Waals surface area (Å²) in [5, 5.41) is 31.4. The number of Topliss-reactive ketones (excluding diaryl/α,β-unsaturated/α-hetero) is 2. The molecule has 30 nitrogen and oxygen atoms in total. The van der Waals surface area contributed by atoms with Gasteiger partial charge in [0, 0.05) is 64.1 Å². The number of carboxylic acid groups (broad SMARTS) is 2. The van der Waals surface area contributed by atoms with Crippen molar-refractivity contribution in [3.8, 4) is 0 Å². The molecule has 0 heterocycles. The maximum absolute atomic E-state index is 14.1. The van der Waals surface area contributed by atoms with Crippen LogP contribution in [0, 0.1) is 5.92 Å². The predicted molar refractivity (Wildman–Crippen MR) is 357 cm³/mol. The molecule has 9 N–H and O–H groups in total. The number of ether oxygens (including phenoxy) is 13. The third-order valence-corrected chi connectivity index (χ3v) is 14.3. The van der Waals surface area contributed by atoms with Crippen LogP contribution in [0.2, 0.25) is 0 Å². The Morgan fingerprint density at radius 1 is 0.418 bits per heavy atom. The topological polar surface area (TPSA) is 400 Å². The van der Waals surface area contributed by atoms with Gasteiger partial charge in [-0.25, -0.2) is 9.59 Å². The Hall–Kier alpha value is -6.65. The Bertz CT molecular complexity index is 2390. The number of nitrogens with one attached hydrogen (secondary N) is 5. The number of hydrogen-bond acceptors (Lipinski definition) is 23. The number of amides is 5. The van der Waals surface area contributed by atoms with Gasteiger partial charge in [0.1, 0.15) is 11.8 Å². The first kappa shape index (κ1) is 87.4. The van der Waals surface area contributed by atoms with E-state index in [1.54, 1.807) is 0 Å². The van der Waals surface area contributed by atoms with Gasteiger partial charge in [-0.3, -0.25) is 33.6 Å². The fourth-order valence-corrected chi connectivity index (χ4v) is 9.12. The van der Waals surface area contributed by atoms with E-state index in [1.165, 1.54) is 0 Å². The molecule has 2 rings (SSSR count). The molecule has 98 heavy (non-hydrogen) atoms. The van der Waals surface area contributed by atoms with E-state index in [2.05, 4.69) is 31.3 Å². The van der Waals surface area contributed by atoms with E-state index in [0.717, 1.165) is 36.8 Å². The van der Waals surface area contributed by atoms with Crippen molar-refractivity contribution in [3.05, 3.63) is 71.8 Å². The highest BCUT2D eigenvalue weighted by molar-refractivity contribution is 5.93. The van der Waals surface area contributed by atoms with Gasteiger partial charge in [-0.15, -0.1) is 0 Å². The number of benzene rings is 2. The predicted octanol–water partition coefficient (Wildman–Crippen LogP) is 2.90. The zero-order valence-corrected chi connectivity index (χ0v) is 57.0. The molecule has 5 amide bonds. The second-order valence-corrected chi connectivity index (χ2v) is 22.3. The average molecular weight is 1400 g/mol. The highest BCUT2D eigenvalue weighted by atomic mass is 16.6. The van der Waals surface area contributed by atoms with Crippen molar-refractivity contribution in [3.63, 3.8) is 0 Å². The number of aliphatic carboxylic acids is 2. The summed E-state index contributed by atoms with van der Waals surface area (Å²) in [4.78, 5) is 111. The zero-order valence-electron chi connectivity index (χ0n) is 57.0. The molecular weight excluding hydrogens is 1280 g/mol. The molecule has 0 saturated heterocycles. The van der Waals surface area contributed by atoms with Crippen molar-refractivity contribution in [2.45, 2.75) is 121 Å². The van der Waals surface area contributed by atoms with E-state index in [0.29, 0.717) is 191 Å². The fourth-order valence-electron chi connectivity index (χ4n) is 9.12. The van der Waals surface area contributed by atoms with E-state index in [9.17, 15) is 48.3 Å². The SMILES string of the molecule is NCCNC(=O)CCOCCOCCOCCOCCOCCOCCOCCOCCOCCOCCOCCOCCNC(=O)[C@@H](CC(=O)[C@H](Cc1ccccc1)NC(=O)CCCCCCCCC(=O)CC[C@H](NC(=O)N[C@@H](CCC(=O)O)OC=O)C(=O)O)Cc1ccccc1. The Labute approximate surface area is 576 Å². The van der Waals surface area contributed by atoms with Crippen molar-refractivity contribution in [1.82, 2.24) is 26.6 Å². The van der Waals surface area contributed by atoms with Crippen LogP contribution in [0.15, 0.2) is 60.7 Å². The van der Waals surface area contributed by atoms with Gasteiger partial charge in [0.15, 0.2) is 12.0 Å². The zero-order chi connectivity index (χ0) is 71.0. The molecule has 0 aliphatic heterocycles. The summed E-state index contributed by atoms with van der Waals surface area (Å²) in [7, 11) is 0. The molecule has 2 aromatic rings.